The summed E-state index contributed by atoms with van der Waals surface area (Å²) in [5.74, 6) is 0.689. The summed E-state index contributed by atoms with van der Waals surface area (Å²) in [5.41, 5.74) is 9.13. The zero-order valence-corrected chi connectivity index (χ0v) is 17.4. The SMILES string of the molecule is CC(Nc1ncnc2ccc(-c3cnc(N)c(S(C)(=O)=O)c3)cc12)c1ccccc1. The van der Waals surface area contributed by atoms with Gasteiger partial charge in [0.1, 0.15) is 22.9 Å². The Hall–Kier alpha value is -3.52. The number of nitrogens with zero attached hydrogens (tertiary/aromatic N) is 3. The average molecular weight is 420 g/mol. The maximum absolute atomic E-state index is 12.0. The Morgan fingerprint density at radius 1 is 0.967 bits per heavy atom. The second-order valence-corrected chi connectivity index (χ2v) is 9.09. The number of rotatable bonds is 5. The second kappa shape index (κ2) is 7.72. The number of hydrogen-bond donors (Lipinski definition) is 2. The lowest BCUT2D eigenvalue weighted by atomic mass is 10.0. The number of nitrogens with two attached hydrogens (primary N) is 1. The molecule has 152 valence electrons. The second-order valence-electron chi connectivity index (χ2n) is 7.11. The molecule has 8 heteroatoms. The van der Waals surface area contributed by atoms with E-state index >= 15 is 0 Å². The predicted molar refractivity (Wildman–Crippen MR) is 119 cm³/mol. The minimum absolute atomic E-state index is 0.00980. The van der Waals surface area contributed by atoms with Crippen molar-refractivity contribution in [3.05, 3.63) is 72.7 Å². The molecule has 1 unspecified atom stereocenters. The van der Waals surface area contributed by atoms with Crippen molar-refractivity contribution in [1.29, 1.82) is 0 Å². The van der Waals surface area contributed by atoms with Crippen LogP contribution in [0.4, 0.5) is 11.6 Å². The molecule has 0 radical (unpaired) electrons. The van der Waals surface area contributed by atoms with E-state index in [1.165, 1.54) is 6.33 Å². The molecule has 4 rings (SSSR count). The summed E-state index contributed by atoms with van der Waals surface area (Å²) in [6.07, 6.45) is 4.20. The number of fused-ring (bicyclic) bond motifs is 1. The topological polar surface area (TPSA) is 111 Å². The molecule has 0 aliphatic carbocycles. The Morgan fingerprint density at radius 2 is 1.73 bits per heavy atom. The quantitative estimate of drug-likeness (QED) is 0.505. The van der Waals surface area contributed by atoms with Gasteiger partial charge in [-0.25, -0.2) is 23.4 Å². The van der Waals surface area contributed by atoms with Gasteiger partial charge in [-0.1, -0.05) is 36.4 Å². The molecule has 1 atom stereocenters. The fraction of sp³-hybridized carbons (Fsp3) is 0.136. The lowest BCUT2D eigenvalue weighted by molar-refractivity contribution is 0.602. The van der Waals surface area contributed by atoms with Gasteiger partial charge in [0, 0.05) is 29.4 Å². The Labute approximate surface area is 174 Å². The monoisotopic (exact) mass is 419 g/mol. The zero-order valence-electron chi connectivity index (χ0n) is 16.6. The van der Waals surface area contributed by atoms with Crippen molar-refractivity contribution in [3.63, 3.8) is 0 Å². The molecule has 2 aromatic heterocycles. The highest BCUT2D eigenvalue weighted by Gasteiger charge is 2.15. The number of aromatic nitrogens is 3. The maximum Gasteiger partial charge on any atom is 0.179 e. The first-order valence-electron chi connectivity index (χ1n) is 9.35. The molecule has 0 bridgehead atoms. The van der Waals surface area contributed by atoms with Crippen LogP contribution in [-0.4, -0.2) is 29.6 Å². The molecule has 0 aliphatic heterocycles. The highest BCUT2D eigenvalue weighted by Crippen LogP contribution is 2.30. The van der Waals surface area contributed by atoms with Gasteiger partial charge < -0.3 is 11.1 Å². The molecule has 0 spiro atoms. The van der Waals surface area contributed by atoms with Crippen molar-refractivity contribution in [2.75, 3.05) is 17.3 Å². The van der Waals surface area contributed by atoms with E-state index in [2.05, 4.69) is 39.3 Å². The normalized spacial score (nSPS) is 12.6. The van der Waals surface area contributed by atoms with Crippen molar-refractivity contribution in [3.8, 4) is 11.1 Å². The van der Waals surface area contributed by atoms with Crippen LogP contribution in [0.2, 0.25) is 0 Å². The van der Waals surface area contributed by atoms with Crippen LogP contribution in [0.25, 0.3) is 22.0 Å². The third-order valence-electron chi connectivity index (χ3n) is 4.90. The van der Waals surface area contributed by atoms with E-state index in [1.54, 1.807) is 12.3 Å². The summed E-state index contributed by atoms with van der Waals surface area (Å²) in [6, 6.07) is 17.3. The van der Waals surface area contributed by atoms with Crippen LogP contribution in [-0.2, 0) is 9.84 Å². The van der Waals surface area contributed by atoms with Crippen LogP contribution in [0, 0.1) is 0 Å². The zero-order chi connectivity index (χ0) is 21.3. The van der Waals surface area contributed by atoms with Crippen LogP contribution < -0.4 is 11.1 Å². The van der Waals surface area contributed by atoms with Gasteiger partial charge in [-0.05, 0) is 36.2 Å². The summed E-state index contributed by atoms with van der Waals surface area (Å²) in [6.45, 7) is 2.06. The van der Waals surface area contributed by atoms with Crippen LogP contribution in [0.15, 0.2) is 72.0 Å². The smallest absolute Gasteiger partial charge is 0.179 e. The Bertz CT molecular complexity index is 1320. The van der Waals surface area contributed by atoms with E-state index in [9.17, 15) is 8.42 Å². The van der Waals surface area contributed by atoms with Crippen LogP contribution in [0.1, 0.15) is 18.5 Å². The summed E-state index contributed by atoms with van der Waals surface area (Å²) < 4.78 is 24.0. The van der Waals surface area contributed by atoms with Gasteiger partial charge in [0.05, 0.1) is 5.52 Å². The Balaban J connectivity index is 1.77. The predicted octanol–water partition coefficient (Wildman–Crippen LogP) is 3.85. The van der Waals surface area contributed by atoms with E-state index < -0.39 is 9.84 Å². The van der Waals surface area contributed by atoms with Crippen molar-refractivity contribution in [2.45, 2.75) is 17.9 Å². The number of nitrogens with one attached hydrogen (secondary N) is 1. The minimum Gasteiger partial charge on any atom is -0.383 e. The average Bonchev–Trinajstić information content (AvgIpc) is 2.74. The molecule has 0 fully saturated rings. The van der Waals surface area contributed by atoms with Gasteiger partial charge >= 0.3 is 0 Å². The summed E-state index contributed by atoms with van der Waals surface area (Å²) >= 11 is 0. The summed E-state index contributed by atoms with van der Waals surface area (Å²) in [4.78, 5) is 12.8. The van der Waals surface area contributed by atoms with Gasteiger partial charge in [0.15, 0.2) is 9.84 Å². The third-order valence-corrected chi connectivity index (χ3v) is 6.03. The first-order valence-corrected chi connectivity index (χ1v) is 11.2. The van der Waals surface area contributed by atoms with Crippen molar-refractivity contribution in [1.82, 2.24) is 15.0 Å². The molecule has 2 aromatic carbocycles. The molecule has 0 saturated heterocycles. The van der Waals surface area contributed by atoms with Crippen LogP contribution >= 0.6 is 0 Å². The maximum atomic E-state index is 12.0. The van der Waals surface area contributed by atoms with Crippen LogP contribution in [0.3, 0.4) is 0 Å². The first kappa shape index (κ1) is 19.8. The fourth-order valence-corrected chi connectivity index (χ4v) is 4.06. The molecular formula is C22H21N5O2S. The van der Waals surface area contributed by atoms with E-state index in [4.69, 9.17) is 5.73 Å². The molecule has 4 aromatic rings. The Morgan fingerprint density at radius 3 is 2.47 bits per heavy atom. The molecule has 3 N–H and O–H groups in total. The van der Waals surface area contributed by atoms with Crippen LogP contribution in [0.5, 0.6) is 0 Å². The van der Waals surface area contributed by atoms with Gasteiger partial charge in [-0.15, -0.1) is 0 Å². The third kappa shape index (κ3) is 3.95. The number of sulfone groups is 1. The Kier molecular flexibility index (Phi) is 5.09. The van der Waals surface area contributed by atoms with Gasteiger partial charge in [0.2, 0.25) is 0 Å². The number of hydrogen-bond acceptors (Lipinski definition) is 7. The molecule has 0 amide bonds. The van der Waals surface area contributed by atoms with E-state index in [1.807, 2.05) is 36.4 Å². The largest absolute Gasteiger partial charge is 0.383 e. The molecule has 7 nitrogen and oxygen atoms in total. The first-order chi connectivity index (χ1) is 14.3. The minimum atomic E-state index is -3.49. The highest BCUT2D eigenvalue weighted by atomic mass is 32.2. The lowest BCUT2D eigenvalue weighted by Gasteiger charge is -2.16. The molecule has 0 aliphatic rings. The summed E-state index contributed by atoms with van der Waals surface area (Å²) in [5, 5.41) is 4.27. The van der Waals surface area contributed by atoms with E-state index in [0.29, 0.717) is 11.4 Å². The number of anilines is 2. The van der Waals surface area contributed by atoms with Crippen molar-refractivity contribution in [2.24, 2.45) is 0 Å². The fourth-order valence-electron chi connectivity index (χ4n) is 3.29. The molecular weight excluding hydrogens is 398 g/mol. The van der Waals surface area contributed by atoms with E-state index in [-0.39, 0.29) is 16.8 Å². The van der Waals surface area contributed by atoms with Crippen molar-refractivity contribution >= 4 is 32.4 Å². The number of benzene rings is 2. The highest BCUT2D eigenvalue weighted by molar-refractivity contribution is 7.90. The summed E-state index contributed by atoms with van der Waals surface area (Å²) in [7, 11) is -3.49. The molecule has 2 heterocycles. The van der Waals surface area contributed by atoms with Gasteiger partial charge in [-0.2, -0.15) is 0 Å². The van der Waals surface area contributed by atoms with E-state index in [0.717, 1.165) is 28.3 Å². The molecule has 0 saturated carbocycles. The molecule has 30 heavy (non-hydrogen) atoms. The number of pyridine rings is 1. The van der Waals surface area contributed by atoms with Gasteiger partial charge in [-0.3, -0.25) is 0 Å². The standard InChI is InChI=1S/C22H21N5O2S/c1-14(15-6-4-3-5-7-15)27-22-18-10-16(8-9-19(18)25-13-26-22)17-11-20(30(2,28)29)21(23)24-12-17/h3-14H,1-2H3,(H2,23,24)(H,25,26,27). The number of nitrogen functional groups attached to an aromatic ring is 1. The van der Waals surface area contributed by atoms with Crippen molar-refractivity contribution < 1.29 is 8.42 Å². The lowest BCUT2D eigenvalue weighted by Crippen LogP contribution is -2.08. The van der Waals surface area contributed by atoms with Gasteiger partial charge in [0.25, 0.3) is 0 Å².